The smallest absolute Gasteiger partial charge is 0.121 e. The summed E-state index contributed by atoms with van der Waals surface area (Å²) in [7, 11) is 0. The van der Waals surface area contributed by atoms with E-state index in [1.807, 2.05) is 30.3 Å². The molecule has 21 heavy (non-hydrogen) atoms. The second-order valence-electron chi connectivity index (χ2n) is 4.93. The van der Waals surface area contributed by atoms with Crippen LogP contribution in [0.4, 0.5) is 0 Å². The molecule has 0 saturated carbocycles. The highest BCUT2D eigenvalue weighted by molar-refractivity contribution is 9.09. The van der Waals surface area contributed by atoms with Crippen LogP contribution in [0.1, 0.15) is 11.5 Å². The molecule has 0 aliphatic carbocycles. The first kappa shape index (κ1) is 14.1. The summed E-state index contributed by atoms with van der Waals surface area (Å²) >= 11 is 3.57. The van der Waals surface area contributed by atoms with Crippen molar-refractivity contribution in [2.45, 2.75) is 5.92 Å². The van der Waals surface area contributed by atoms with E-state index in [0.29, 0.717) is 12.5 Å². The van der Waals surface area contributed by atoms with E-state index in [9.17, 15) is 0 Å². The van der Waals surface area contributed by atoms with Crippen molar-refractivity contribution in [3.05, 3.63) is 72.4 Å². The number of hydrogen-bond donors (Lipinski definition) is 0. The molecule has 0 aliphatic heterocycles. The molecule has 0 aliphatic rings. The highest BCUT2D eigenvalue weighted by Gasteiger charge is 2.11. The quantitative estimate of drug-likeness (QED) is 0.622. The largest absolute Gasteiger partial charge is 0.493 e. The van der Waals surface area contributed by atoms with Gasteiger partial charge in [-0.25, -0.2) is 0 Å². The summed E-state index contributed by atoms with van der Waals surface area (Å²) in [5.41, 5.74) is 2.25. The van der Waals surface area contributed by atoms with Crippen molar-refractivity contribution in [1.29, 1.82) is 0 Å². The van der Waals surface area contributed by atoms with Crippen molar-refractivity contribution in [3.63, 3.8) is 0 Å². The predicted molar refractivity (Wildman–Crippen MR) is 90.2 cm³/mol. The molecule has 3 heteroatoms. The van der Waals surface area contributed by atoms with Crippen molar-refractivity contribution < 1.29 is 4.74 Å². The van der Waals surface area contributed by atoms with Crippen molar-refractivity contribution in [2.75, 3.05) is 11.9 Å². The summed E-state index contributed by atoms with van der Waals surface area (Å²) in [5, 5.41) is 2.01. The Hall–Kier alpha value is -1.87. The van der Waals surface area contributed by atoms with Crippen LogP contribution in [0.25, 0.3) is 10.9 Å². The predicted octanol–water partition coefficient (Wildman–Crippen LogP) is 4.79. The molecule has 0 fully saturated rings. The van der Waals surface area contributed by atoms with Gasteiger partial charge >= 0.3 is 0 Å². The Morgan fingerprint density at radius 1 is 1.00 bits per heavy atom. The maximum absolute atomic E-state index is 5.95. The van der Waals surface area contributed by atoms with Gasteiger partial charge in [0, 0.05) is 28.9 Å². The minimum Gasteiger partial charge on any atom is -0.493 e. The van der Waals surface area contributed by atoms with E-state index >= 15 is 0 Å². The van der Waals surface area contributed by atoms with Gasteiger partial charge in [-0.3, -0.25) is 4.98 Å². The Bertz CT molecular complexity index is 714. The average molecular weight is 342 g/mol. The second kappa shape index (κ2) is 6.72. The number of rotatable bonds is 5. The van der Waals surface area contributed by atoms with Crippen LogP contribution in [-0.4, -0.2) is 16.9 Å². The molecule has 0 spiro atoms. The second-order valence-corrected chi connectivity index (χ2v) is 5.58. The molecule has 3 rings (SSSR count). The molecule has 1 atom stereocenters. The Morgan fingerprint density at radius 2 is 1.86 bits per heavy atom. The summed E-state index contributed by atoms with van der Waals surface area (Å²) in [4.78, 5) is 4.36. The molecular weight excluding hydrogens is 326 g/mol. The van der Waals surface area contributed by atoms with Crippen molar-refractivity contribution >= 4 is 26.8 Å². The van der Waals surface area contributed by atoms with E-state index in [2.05, 4.69) is 51.2 Å². The van der Waals surface area contributed by atoms with Gasteiger partial charge in [0.25, 0.3) is 0 Å². The Kier molecular flexibility index (Phi) is 4.51. The number of fused-ring (bicyclic) bond motifs is 1. The minimum absolute atomic E-state index is 0.339. The third-order valence-electron chi connectivity index (χ3n) is 3.49. The van der Waals surface area contributed by atoms with Gasteiger partial charge in [-0.1, -0.05) is 52.3 Å². The number of benzene rings is 2. The minimum atomic E-state index is 0.339. The van der Waals surface area contributed by atoms with E-state index in [-0.39, 0.29) is 0 Å². The number of nitrogens with zero attached hydrogens (tertiary/aromatic N) is 1. The van der Waals surface area contributed by atoms with E-state index in [1.54, 1.807) is 6.20 Å². The van der Waals surface area contributed by atoms with Crippen molar-refractivity contribution in [2.24, 2.45) is 0 Å². The van der Waals surface area contributed by atoms with Gasteiger partial charge in [0.1, 0.15) is 5.75 Å². The molecule has 1 aromatic heterocycles. The maximum atomic E-state index is 5.95. The molecule has 0 bridgehead atoms. The SMILES string of the molecule is BrCC(COc1ccc2cccnc2c1)c1ccccc1. The van der Waals surface area contributed by atoms with E-state index in [4.69, 9.17) is 4.74 Å². The number of hydrogen-bond acceptors (Lipinski definition) is 2. The number of ether oxygens (including phenoxy) is 1. The fourth-order valence-electron chi connectivity index (χ4n) is 2.29. The molecule has 1 unspecified atom stereocenters. The van der Waals surface area contributed by atoms with Gasteiger partial charge in [-0.05, 0) is 23.8 Å². The normalized spacial score (nSPS) is 12.2. The summed E-state index contributed by atoms with van der Waals surface area (Å²) in [6.45, 7) is 0.646. The first-order chi connectivity index (χ1) is 10.4. The van der Waals surface area contributed by atoms with Gasteiger partial charge in [-0.15, -0.1) is 0 Å². The lowest BCUT2D eigenvalue weighted by Crippen LogP contribution is -2.11. The van der Waals surface area contributed by atoms with Gasteiger partial charge < -0.3 is 4.74 Å². The van der Waals surface area contributed by atoms with Crippen LogP contribution in [-0.2, 0) is 0 Å². The Balaban J connectivity index is 1.73. The van der Waals surface area contributed by atoms with Crippen molar-refractivity contribution in [3.8, 4) is 5.75 Å². The third kappa shape index (κ3) is 3.42. The monoisotopic (exact) mass is 341 g/mol. The molecule has 106 valence electrons. The molecular formula is C18H16BrNO. The van der Waals surface area contributed by atoms with Gasteiger partial charge in [0.05, 0.1) is 12.1 Å². The molecule has 2 nitrogen and oxygen atoms in total. The summed E-state index contributed by atoms with van der Waals surface area (Å²) in [5.74, 6) is 1.20. The number of halogens is 1. The fourth-order valence-corrected chi connectivity index (χ4v) is 2.85. The van der Waals surface area contributed by atoms with Crippen LogP contribution in [0.2, 0.25) is 0 Å². The van der Waals surface area contributed by atoms with Crippen LogP contribution in [0, 0.1) is 0 Å². The molecule has 2 aromatic carbocycles. The molecule has 0 N–H and O–H groups in total. The van der Waals surface area contributed by atoms with Crippen LogP contribution in [0.3, 0.4) is 0 Å². The standard InChI is InChI=1S/C18H16BrNO/c19-12-16(14-5-2-1-3-6-14)13-21-17-9-8-15-7-4-10-20-18(15)11-17/h1-11,16H,12-13H2. The average Bonchev–Trinajstić information content (AvgIpc) is 2.56. The Morgan fingerprint density at radius 3 is 2.67 bits per heavy atom. The van der Waals surface area contributed by atoms with Crippen LogP contribution in [0.15, 0.2) is 66.9 Å². The summed E-state index contributed by atoms with van der Waals surface area (Å²) < 4.78 is 5.95. The first-order valence-corrected chi connectivity index (χ1v) is 8.07. The lowest BCUT2D eigenvalue weighted by molar-refractivity contribution is 0.298. The van der Waals surface area contributed by atoms with Gasteiger partial charge in [0.2, 0.25) is 0 Å². The first-order valence-electron chi connectivity index (χ1n) is 6.95. The molecule has 1 heterocycles. The summed E-state index contributed by atoms with van der Waals surface area (Å²) in [6, 6.07) is 20.5. The molecule has 3 aromatic rings. The highest BCUT2D eigenvalue weighted by Crippen LogP contribution is 2.22. The van der Waals surface area contributed by atoms with E-state index < -0.39 is 0 Å². The van der Waals surface area contributed by atoms with Crippen LogP contribution < -0.4 is 4.74 Å². The summed E-state index contributed by atoms with van der Waals surface area (Å²) in [6.07, 6.45) is 1.80. The zero-order valence-electron chi connectivity index (χ0n) is 11.6. The number of aromatic nitrogens is 1. The third-order valence-corrected chi connectivity index (χ3v) is 4.27. The van der Waals surface area contributed by atoms with Gasteiger partial charge in [0.15, 0.2) is 0 Å². The highest BCUT2D eigenvalue weighted by atomic mass is 79.9. The molecule has 0 amide bonds. The zero-order chi connectivity index (χ0) is 14.5. The number of pyridine rings is 1. The number of alkyl halides is 1. The van der Waals surface area contributed by atoms with E-state index in [1.165, 1.54) is 5.56 Å². The van der Waals surface area contributed by atoms with Crippen LogP contribution >= 0.6 is 15.9 Å². The molecule has 0 radical (unpaired) electrons. The van der Waals surface area contributed by atoms with E-state index in [0.717, 1.165) is 22.0 Å². The fraction of sp³-hybridized carbons (Fsp3) is 0.167. The maximum Gasteiger partial charge on any atom is 0.121 e. The molecule has 0 saturated heterocycles. The Labute approximate surface area is 132 Å². The lowest BCUT2D eigenvalue weighted by atomic mass is 10.0. The van der Waals surface area contributed by atoms with Gasteiger partial charge in [-0.2, -0.15) is 0 Å². The van der Waals surface area contributed by atoms with Crippen molar-refractivity contribution in [1.82, 2.24) is 4.98 Å². The zero-order valence-corrected chi connectivity index (χ0v) is 13.2. The lowest BCUT2D eigenvalue weighted by Gasteiger charge is -2.16. The van der Waals surface area contributed by atoms with Crippen LogP contribution in [0.5, 0.6) is 5.75 Å². The topological polar surface area (TPSA) is 22.1 Å².